The fraction of sp³-hybridized carbons (Fsp3) is 0.548. The van der Waals surface area contributed by atoms with Gasteiger partial charge in [0.05, 0.1) is 6.04 Å². The molecule has 2 fully saturated rings. The molecule has 1 heterocycles. The standard InChI is InChI=1S/C31H44N4O2/c1-25(2)24-35(31(37)32-28-16-10-5-11-17-28)19-18-29(36)33-20-22-34(23-21-33)30(26-12-6-3-7-13-26)27-14-8-4-9-15-27/h3-4,6-9,12-15,25,28,30H,5,10-11,16-24H2,1-2H3,(H,32,37). The lowest BCUT2D eigenvalue weighted by molar-refractivity contribution is -0.133. The zero-order valence-corrected chi connectivity index (χ0v) is 22.6. The van der Waals surface area contributed by atoms with Gasteiger partial charge < -0.3 is 15.1 Å². The van der Waals surface area contributed by atoms with Crippen molar-refractivity contribution in [1.29, 1.82) is 0 Å². The van der Waals surface area contributed by atoms with Gasteiger partial charge >= 0.3 is 6.03 Å². The Bertz CT molecular complexity index is 928. The van der Waals surface area contributed by atoms with Crippen molar-refractivity contribution in [1.82, 2.24) is 20.0 Å². The third-order valence-electron chi connectivity index (χ3n) is 7.66. The number of nitrogens with one attached hydrogen (secondary N) is 1. The number of amides is 3. The van der Waals surface area contributed by atoms with Crippen LogP contribution in [0.2, 0.25) is 0 Å². The summed E-state index contributed by atoms with van der Waals surface area (Å²) >= 11 is 0. The highest BCUT2D eigenvalue weighted by molar-refractivity contribution is 5.78. The maximum Gasteiger partial charge on any atom is 0.317 e. The second kappa shape index (κ2) is 13.6. The van der Waals surface area contributed by atoms with Gasteiger partial charge in [0, 0.05) is 51.7 Å². The molecule has 0 unspecified atom stereocenters. The van der Waals surface area contributed by atoms with E-state index in [1.165, 1.54) is 30.4 Å². The van der Waals surface area contributed by atoms with Crippen molar-refractivity contribution in [2.75, 3.05) is 39.3 Å². The first-order valence-corrected chi connectivity index (χ1v) is 14.2. The van der Waals surface area contributed by atoms with Crippen LogP contribution in [0.25, 0.3) is 0 Å². The van der Waals surface area contributed by atoms with Crippen molar-refractivity contribution in [3.8, 4) is 0 Å². The van der Waals surface area contributed by atoms with Crippen LogP contribution >= 0.6 is 0 Å². The van der Waals surface area contributed by atoms with Gasteiger partial charge in [-0.15, -0.1) is 0 Å². The Kier molecular flexibility index (Phi) is 10.0. The normalized spacial score (nSPS) is 17.2. The van der Waals surface area contributed by atoms with E-state index in [0.29, 0.717) is 38.5 Å². The van der Waals surface area contributed by atoms with Gasteiger partial charge in [0.1, 0.15) is 0 Å². The molecule has 0 atom stereocenters. The van der Waals surface area contributed by atoms with E-state index in [1.807, 2.05) is 9.80 Å². The zero-order valence-electron chi connectivity index (χ0n) is 22.6. The van der Waals surface area contributed by atoms with Gasteiger partial charge in [-0.1, -0.05) is 93.8 Å². The molecule has 0 spiro atoms. The highest BCUT2D eigenvalue weighted by atomic mass is 16.2. The first kappa shape index (κ1) is 27.2. The van der Waals surface area contributed by atoms with Gasteiger partial charge in [-0.05, 0) is 29.9 Å². The number of hydrogen-bond acceptors (Lipinski definition) is 3. The molecule has 0 aromatic heterocycles. The molecule has 3 amide bonds. The Morgan fingerprint density at radius 3 is 1.97 bits per heavy atom. The molecule has 2 aromatic carbocycles. The van der Waals surface area contributed by atoms with E-state index in [9.17, 15) is 9.59 Å². The number of hydrogen-bond donors (Lipinski definition) is 1. The molecule has 6 nitrogen and oxygen atoms in total. The van der Waals surface area contributed by atoms with E-state index >= 15 is 0 Å². The molecule has 37 heavy (non-hydrogen) atoms. The number of urea groups is 1. The topological polar surface area (TPSA) is 55.9 Å². The Labute approximate surface area is 223 Å². The van der Waals surface area contributed by atoms with Gasteiger partial charge in [-0.3, -0.25) is 9.69 Å². The Balaban J connectivity index is 1.32. The number of rotatable bonds is 9. The SMILES string of the molecule is CC(C)CN(CCC(=O)N1CCN(C(c2ccccc2)c2ccccc2)CC1)C(=O)NC1CCCCC1. The predicted molar refractivity (Wildman–Crippen MR) is 149 cm³/mol. The highest BCUT2D eigenvalue weighted by Gasteiger charge is 2.29. The first-order valence-electron chi connectivity index (χ1n) is 14.2. The zero-order chi connectivity index (χ0) is 26.0. The summed E-state index contributed by atoms with van der Waals surface area (Å²) in [7, 11) is 0. The molecule has 1 saturated carbocycles. The van der Waals surface area contributed by atoms with Crippen LogP contribution in [0, 0.1) is 5.92 Å². The average Bonchev–Trinajstić information content (AvgIpc) is 2.93. The fourth-order valence-electron chi connectivity index (χ4n) is 5.73. The summed E-state index contributed by atoms with van der Waals surface area (Å²) in [5, 5.41) is 3.23. The summed E-state index contributed by atoms with van der Waals surface area (Å²) in [5.41, 5.74) is 2.56. The van der Waals surface area contributed by atoms with E-state index in [0.717, 1.165) is 25.9 Å². The summed E-state index contributed by atoms with van der Waals surface area (Å²) in [6, 6.07) is 21.7. The van der Waals surface area contributed by atoms with Gasteiger partial charge in [-0.2, -0.15) is 0 Å². The highest BCUT2D eigenvalue weighted by Crippen LogP contribution is 2.29. The van der Waals surface area contributed by atoms with Crippen molar-refractivity contribution in [3.05, 3.63) is 71.8 Å². The summed E-state index contributed by atoms with van der Waals surface area (Å²) in [6.07, 6.45) is 6.16. The maximum absolute atomic E-state index is 13.2. The number of nitrogens with zero attached hydrogens (tertiary/aromatic N) is 3. The lowest BCUT2D eigenvalue weighted by Crippen LogP contribution is -2.51. The monoisotopic (exact) mass is 504 g/mol. The number of carbonyl (C=O) groups is 2. The van der Waals surface area contributed by atoms with Crippen LogP contribution in [-0.4, -0.2) is 71.9 Å². The summed E-state index contributed by atoms with van der Waals surface area (Å²) in [6.45, 7) is 8.49. The summed E-state index contributed by atoms with van der Waals surface area (Å²) < 4.78 is 0. The molecule has 1 saturated heterocycles. The van der Waals surface area contributed by atoms with Crippen molar-refractivity contribution < 1.29 is 9.59 Å². The lowest BCUT2D eigenvalue weighted by Gasteiger charge is -2.40. The van der Waals surface area contributed by atoms with Gasteiger partial charge in [0.15, 0.2) is 0 Å². The number of piperazine rings is 1. The van der Waals surface area contributed by atoms with Gasteiger partial charge in [0.2, 0.25) is 5.91 Å². The molecule has 1 N–H and O–H groups in total. The number of carbonyl (C=O) groups excluding carboxylic acids is 2. The summed E-state index contributed by atoms with van der Waals surface area (Å²) in [5.74, 6) is 0.513. The van der Waals surface area contributed by atoms with Crippen molar-refractivity contribution >= 4 is 11.9 Å². The lowest BCUT2D eigenvalue weighted by atomic mass is 9.96. The number of benzene rings is 2. The van der Waals surface area contributed by atoms with Crippen LogP contribution in [-0.2, 0) is 4.79 Å². The largest absolute Gasteiger partial charge is 0.340 e. The third kappa shape index (κ3) is 7.81. The van der Waals surface area contributed by atoms with Gasteiger partial charge in [-0.25, -0.2) is 4.79 Å². The predicted octanol–water partition coefficient (Wildman–Crippen LogP) is 5.31. The Morgan fingerprint density at radius 1 is 0.865 bits per heavy atom. The minimum absolute atomic E-state index is 0.00761. The smallest absolute Gasteiger partial charge is 0.317 e. The van der Waals surface area contributed by atoms with E-state index in [4.69, 9.17) is 0 Å². The van der Waals surface area contributed by atoms with E-state index in [1.54, 1.807) is 0 Å². The van der Waals surface area contributed by atoms with Crippen molar-refractivity contribution in [3.63, 3.8) is 0 Å². The molecule has 200 valence electrons. The quantitative estimate of drug-likeness (QED) is 0.504. The molecule has 2 aromatic rings. The molecule has 1 aliphatic carbocycles. The van der Waals surface area contributed by atoms with Gasteiger partial charge in [0.25, 0.3) is 0 Å². The van der Waals surface area contributed by atoms with Crippen molar-refractivity contribution in [2.24, 2.45) is 5.92 Å². The Morgan fingerprint density at radius 2 is 1.43 bits per heavy atom. The van der Waals surface area contributed by atoms with Crippen LogP contribution in [0.15, 0.2) is 60.7 Å². The van der Waals surface area contributed by atoms with Crippen LogP contribution in [0.5, 0.6) is 0 Å². The van der Waals surface area contributed by atoms with Crippen molar-refractivity contribution in [2.45, 2.75) is 64.5 Å². The molecule has 0 radical (unpaired) electrons. The second-order valence-corrected chi connectivity index (χ2v) is 11.0. The van der Waals surface area contributed by atoms with E-state index in [-0.39, 0.29) is 24.0 Å². The average molecular weight is 505 g/mol. The third-order valence-corrected chi connectivity index (χ3v) is 7.66. The molecular weight excluding hydrogens is 460 g/mol. The molecule has 6 heteroatoms. The second-order valence-electron chi connectivity index (χ2n) is 11.0. The van der Waals surface area contributed by atoms with E-state index in [2.05, 4.69) is 84.7 Å². The Hall–Kier alpha value is -2.86. The molecule has 0 bridgehead atoms. The summed E-state index contributed by atoms with van der Waals surface area (Å²) in [4.78, 5) is 32.5. The first-order chi connectivity index (χ1) is 18.0. The molecule has 1 aliphatic heterocycles. The van der Waals surface area contributed by atoms with Crippen LogP contribution in [0.3, 0.4) is 0 Å². The minimum Gasteiger partial charge on any atom is -0.340 e. The van der Waals surface area contributed by atoms with E-state index < -0.39 is 0 Å². The van der Waals surface area contributed by atoms with Crippen LogP contribution in [0.4, 0.5) is 4.79 Å². The van der Waals surface area contributed by atoms with Crippen LogP contribution in [0.1, 0.15) is 69.5 Å². The fourth-order valence-corrected chi connectivity index (χ4v) is 5.73. The molecule has 4 rings (SSSR count). The minimum atomic E-state index is -0.00761. The maximum atomic E-state index is 13.2. The molecule has 2 aliphatic rings. The molecular formula is C31H44N4O2. The van der Waals surface area contributed by atoms with Crippen LogP contribution < -0.4 is 5.32 Å².